The van der Waals surface area contributed by atoms with Crippen LogP contribution in [0.4, 0.5) is 4.39 Å². The van der Waals surface area contributed by atoms with Gasteiger partial charge in [-0.1, -0.05) is 25.0 Å². The van der Waals surface area contributed by atoms with Gasteiger partial charge >= 0.3 is 0 Å². The summed E-state index contributed by atoms with van der Waals surface area (Å²) >= 11 is 0. The van der Waals surface area contributed by atoms with Crippen molar-refractivity contribution in [1.82, 2.24) is 9.88 Å². The summed E-state index contributed by atoms with van der Waals surface area (Å²) in [6.07, 6.45) is 7.32. The smallest absolute Gasteiger partial charge is 0.147 e. The van der Waals surface area contributed by atoms with Crippen molar-refractivity contribution in [3.05, 3.63) is 35.8 Å². The molecule has 1 aromatic carbocycles. The number of halogens is 1. The Labute approximate surface area is 113 Å². The second-order valence-electron chi connectivity index (χ2n) is 5.44. The van der Waals surface area contributed by atoms with Crippen LogP contribution >= 0.6 is 0 Å². The summed E-state index contributed by atoms with van der Waals surface area (Å²) in [5.41, 5.74) is 1.96. The molecule has 1 aliphatic carbocycles. The van der Waals surface area contributed by atoms with Gasteiger partial charge in [-0.15, -0.1) is 0 Å². The highest BCUT2D eigenvalue weighted by atomic mass is 19.1. The molecule has 3 rings (SSSR count). The minimum absolute atomic E-state index is 0.119. The van der Waals surface area contributed by atoms with Crippen molar-refractivity contribution in [2.45, 2.75) is 51.7 Å². The van der Waals surface area contributed by atoms with Gasteiger partial charge in [-0.2, -0.15) is 0 Å². The number of fused-ring (bicyclic) bond motifs is 1. The minimum Gasteiger partial charge on any atom is -0.345 e. The molecule has 0 unspecified atom stereocenters. The van der Waals surface area contributed by atoms with Crippen LogP contribution in [-0.2, 0) is 13.1 Å². The summed E-state index contributed by atoms with van der Waals surface area (Å²) in [6.45, 7) is 3.71. The summed E-state index contributed by atoms with van der Waals surface area (Å²) in [6, 6.07) is 6.02. The van der Waals surface area contributed by atoms with Gasteiger partial charge < -0.3 is 9.88 Å². The summed E-state index contributed by atoms with van der Waals surface area (Å²) < 4.78 is 16.0. The summed E-state index contributed by atoms with van der Waals surface area (Å²) in [7, 11) is 0. The van der Waals surface area contributed by atoms with E-state index in [1.54, 1.807) is 12.1 Å². The van der Waals surface area contributed by atoms with Gasteiger partial charge in [0.05, 0.1) is 5.52 Å². The Balaban J connectivity index is 1.88. The molecular weight excluding hydrogens is 239 g/mol. The van der Waals surface area contributed by atoms with Crippen molar-refractivity contribution in [1.29, 1.82) is 0 Å². The Hall–Kier alpha value is -1.35. The summed E-state index contributed by atoms with van der Waals surface area (Å²) in [5, 5.41) is 4.66. The topological polar surface area (TPSA) is 17.0 Å². The van der Waals surface area contributed by atoms with Gasteiger partial charge in [0, 0.05) is 30.7 Å². The van der Waals surface area contributed by atoms with E-state index in [-0.39, 0.29) is 5.82 Å². The number of rotatable bonds is 4. The standard InChI is InChI=1S/C16H21FN2/c1-2-19-11-12(10-18-13-6-3-4-7-13)14-8-5-9-15(17)16(14)19/h5,8-9,11,13,18H,2-4,6-7,10H2,1H3. The molecule has 0 spiro atoms. The van der Waals surface area contributed by atoms with Gasteiger partial charge in [-0.05, 0) is 31.4 Å². The first-order valence-corrected chi connectivity index (χ1v) is 7.29. The van der Waals surface area contributed by atoms with Gasteiger partial charge in [0.25, 0.3) is 0 Å². The highest BCUT2D eigenvalue weighted by molar-refractivity contribution is 5.84. The molecule has 0 bridgehead atoms. The van der Waals surface area contributed by atoms with E-state index in [0.29, 0.717) is 6.04 Å². The molecule has 1 heterocycles. The van der Waals surface area contributed by atoms with Crippen LogP contribution in [-0.4, -0.2) is 10.6 Å². The number of para-hydroxylation sites is 1. The number of hydrogen-bond donors (Lipinski definition) is 1. The van der Waals surface area contributed by atoms with Gasteiger partial charge in [0.1, 0.15) is 5.82 Å². The third-order valence-electron chi connectivity index (χ3n) is 4.21. The lowest BCUT2D eigenvalue weighted by Gasteiger charge is -2.10. The monoisotopic (exact) mass is 260 g/mol. The predicted octanol–water partition coefficient (Wildman–Crippen LogP) is 3.83. The van der Waals surface area contributed by atoms with Gasteiger partial charge in [-0.3, -0.25) is 0 Å². The van der Waals surface area contributed by atoms with E-state index in [4.69, 9.17) is 0 Å². The molecule has 102 valence electrons. The Bertz CT molecular complexity index is 567. The molecule has 19 heavy (non-hydrogen) atoms. The fraction of sp³-hybridized carbons (Fsp3) is 0.500. The zero-order valence-electron chi connectivity index (χ0n) is 11.5. The number of benzene rings is 1. The van der Waals surface area contributed by atoms with Crippen LogP contribution in [0.2, 0.25) is 0 Å². The highest BCUT2D eigenvalue weighted by Crippen LogP contribution is 2.25. The molecule has 0 aliphatic heterocycles. The Morgan fingerprint density at radius 1 is 1.32 bits per heavy atom. The highest BCUT2D eigenvalue weighted by Gasteiger charge is 2.16. The van der Waals surface area contributed by atoms with Gasteiger partial charge in [-0.25, -0.2) is 4.39 Å². The van der Waals surface area contributed by atoms with Crippen LogP contribution in [0, 0.1) is 5.82 Å². The summed E-state index contributed by atoms with van der Waals surface area (Å²) in [5.74, 6) is -0.119. The van der Waals surface area contributed by atoms with Crippen LogP contribution in [0.5, 0.6) is 0 Å². The third-order valence-corrected chi connectivity index (χ3v) is 4.21. The maximum atomic E-state index is 13.9. The minimum atomic E-state index is -0.119. The molecule has 0 amide bonds. The van der Waals surface area contributed by atoms with Crippen molar-refractivity contribution >= 4 is 10.9 Å². The number of hydrogen-bond acceptors (Lipinski definition) is 1. The van der Waals surface area contributed by atoms with Crippen molar-refractivity contribution in [3.8, 4) is 0 Å². The predicted molar refractivity (Wildman–Crippen MR) is 76.7 cm³/mol. The molecular formula is C16H21FN2. The molecule has 0 atom stereocenters. The normalized spacial score (nSPS) is 16.5. The summed E-state index contributed by atoms with van der Waals surface area (Å²) in [4.78, 5) is 0. The van der Waals surface area contributed by atoms with Crippen molar-refractivity contribution < 1.29 is 4.39 Å². The van der Waals surface area contributed by atoms with E-state index in [9.17, 15) is 4.39 Å². The fourth-order valence-corrected chi connectivity index (χ4v) is 3.16. The average molecular weight is 260 g/mol. The molecule has 1 aliphatic rings. The Morgan fingerprint density at radius 2 is 2.11 bits per heavy atom. The quantitative estimate of drug-likeness (QED) is 0.884. The molecule has 1 saturated carbocycles. The second-order valence-corrected chi connectivity index (χ2v) is 5.44. The van der Waals surface area contributed by atoms with E-state index in [0.717, 1.165) is 24.0 Å². The lowest BCUT2D eigenvalue weighted by Crippen LogP contribution is -2.25. The van der Waals surface area contributed by atoms with Crippen molar-refractivity contribution in [2.75, 3.05) is 0 Å². The molecule has 2 aromatic rings. The molecule has 2 nitrogen and oxygen atoms in total. The fourth-order valence-electron chi connectivity index (χ4n) is 3.16. The van der Waals surface area contributed by atoms with Crippen LogP contribution in [0.3, 0.4) is 0 Å². The second kappa shape index (κ2) is 5.33. The number of aryl methyl sites for hydroxylation is 1. The van der Waals surface area contributed by atoms with Crippen LogP contribution in [0.1, 0.15) is 38.2 Å². The van der Waals surface area contributed by atoms with Crippen LogP contribution < -0.4 is 5.32 Å². The van der Waals surface area contributed by atoms with Gasteiger partial charge in [0.15, 0.2) is 0 Å². The van der Waals surface area contributed by atoms with E-state index in [1.807, 2.05) is 10.6 Å². The van der Waals surface area contributed by atoms with Gasteiger partial charge in [0.2, 0.25) is 0 Å². The third kappa shape index (κ3) is 2.39. The van der Waals surface area contributed by atoms with E-state index < -0.39 is 0 Å². The number of nitrogens with zero attached hydrogens (tertiary/aromatic N) is 1. The molecule has 0 saturated heterocycles. The Kier molecular flexibility index (Phi) is 3.56. The Morgan fingerprint density at radius 3 is 2.84 bits per heavy atom. The van der Waals surface area contributed by atoms with E-state index >= 15 is 0 Å². The average Bonchev–Trinajstić information content (AvgIpc) is 3.04. The first kappa shape index (κ1) is 12.7. The van der Waals surface area contributed by atoms with E-state index in [1.165, 1.54) is 31.2 Å². The number of nitrogens with one attached hydrogen (secondary N) is 1. The maximum absolute atomic E-state index is 13.9. The first-order valence-electron chi connectivity index (χ1n) is 7.29. The largest absolute Gasteiger partial charge is 0.345 e. The van der Waals surface area contributed by atoms with Crippen molar-refractivity contribution in [2.24, 2.45) is 0 Å². The maximum Gasteiger partial charge on any atom is 0.147 e. The van der Waals surface area contributed by atoms with Crippen molar-refractivity contribution in [3.63, 3.8) is 0 Å². The lowest BCUT2D eigenvalue weighted by atomic mass is 10.1. The molecule has 1 N–H and O–H groups in total. The molecule has 0 radical (unpaired) electrons. The zero-order valence-corrected chi connectivity index (χ0v) is 11.5. The number of aromatic nitrogens is 1. The molecule has 3 heteroatoms. The molecule has 1 fully saturated rings. The lowest BCUT2D eigenvalue weighted by molar-refractivity contribution is 0.525. The van der Waals surface area contributed by atoms with E-state index in [2.05, 4.69) is 18.4 Å². The van der Waals surface area contributed by atoms with Crippen LogP contribution in [0.25, 0.3) is 10.9 Å². The molecule has 1 aromatic heterocycles. The SMILES string of the molecule is CCn1cc(CNC2CCCC2)c2cccc(F)c21. The first-order chi connectivity index (χ1) is 9.29. The zero-order chi connectivity index (χ0) is 13.2. The van der Waals surface area contributed by atoms with Crippen LogP contribution in [0.15, 0.2) is 24.4 Å².